The highest BCUT2D eigenvalue weighted by Crippen LogP contribution is 2.28. The highest BCUT2D eigenvalue weighted by atomic mass is 32.2. The van der Waals surface area contributed by atoms with Gasteiger partial charge in [-0.05, 0) is 29.7 Å². The van der Waals surface area contributed by atoms with Crippen LogP contribution in [0, 0.1) is 11.6 Å². The number of benzene rings is 2. The average Bonchev–Trinajstić information content (AvgIpc) is 3.36. The molecule has 0 spiro atoms. The van der Waals surface area contributed by atoms with Gasteiger partial charge in [-0.3, -0.25) is 14.2 Å². The Labute approximate surface area is 247 Å². The first-order valence-electron chi connectivity index (χ1n) is 13.1. The number of sulfonamides is 1. The maximum atomic E-state index is 14.9. The Morgan fingerprint density at radius 3 is 2.41 bits per heavy atom. The van der Waals surface area contributed by atoms with Crippen molar-refractivity contribution in [2.24, 2.45) is 5.10 Å². The molecule has 1 N–H and O–H groups in total. The summed E-state index contributed by atoms with van der Waals surface area (Å²) in [5.74, 6) is -2.46. The number of halogens is 5. The summed E-state index contributed by atoms with van der Waals surface area (Å²) in [4.78, 5) is 21.6. The molecule has 0 saturated carbocycles. The Hall–Kier alpha value is -4.80. The Kier molecular flexibility index (Phi) is 8.40. The minimum atomic E-state index is -5.61. The zero-order chi connectivity index (χ0) is 31.6. The van der Waals surface area contributed by atoms with E-state index in [0.717, 1.165) is 22.8 Å². The molecule has 0 bridgehead atoms. The quantitative estimate of drug-likeness (QED) is 0.276. The standard InChI is InChI=1S/C27H24F5N7O4S/c1-2-21-23(38-14-20(29)25(36-26(38)35-21)43-15-17-6-4-3-5-7-17)24(40)33-13-18-8-9-22(19(28)12-18)39-11-10-37(16-34-39)44(41,42)27(30,31)32/h3-9,12,14,16H,2,10-11,13,15H2,1H3,(H,33,40). The van der Waals surface area contributed by atoms with Gasteiger partial charge in [-0.15, -0.1) is 0 Å². The van der Waals surface area contributed by atoms with Crippen LogP contribution in [-0.4, -0.2) is 57.9 Å². The minimum absolute atomic E-state index is 0.0377. The van der Waals surface area contributed by atoms with Crippen LogP contribution in [0.25, 0.3) is 5.78 Å². The second kappa shape index (κ2) is 12.1. The van der Waals surface area contributed by atoms with Gasteiger partial charge in [-0.1, -0.05) is 43.3 Å². The lowest BCUT2D eigenvalue weighted by atomic mass is 10.1. The van der Waals surface area contributed by atoms with Crippen molar-refractivity contribution in [3.63, 3.8) is 0 Å². The van der Waals surface area contributed by atoms with E-state index in [1.54, 1.807) is 6.92 Å². The number of hydrogen-bond acceptors (Lipinski definition) is 8. The van der Waals surface area contributed by atoms with Gasteiger partial charge in [0.1, 0.15) is 24.5 Å². The van der Waals surface area contributed by atoms with Crippen molar-refractivity contribution in [2.45, 2.75) is 32.0 Å². The van der Waals surface area contributed by atoms with E-state index in [-0.39, 0.29) is 47.0 Å². The number of rotatable bonds is 9. The van der Waals surface area contributed by atoms with Crippen LogP contribution in [0.4, 0.5) is 27.6 Å². The van der Waals surface area contributed by atoms with E-state index >= 15 is 0 Å². The number of hydrogen-bond donors (Lipinski definition) is 1. The first-order valence-corrected chi connectivity index (χ1v) is 14.5. The van der Waals surface area contributed by atoms with E-state index in [1.165, 1.54) is 16.5 Å². The highest BCUT2D eigenvalue weighted by Gasteiger charge is 2.50. The number of aryl methyl sites for hydroxylation is 1. The topological polar surface area (TPSA) is 121 Å². The van der Waals surface area contributed by atoms with Gasteiger partial charge >= 0.3 is 15.5 Å². The van der Waals surface area contributed by atoms with Crippen molar-refractivity contribution < 1.29 is 39.9 Å². The largest absolute Gasteiger partial charge is 0.516 e. The average molecular weight is 638 g/mol. The van der Waals surface area contributed by atoms with Crippen molar-refractivity contribution in [1.29, 1.82) is 0 Å². The number of carbonyl (C=O) groups excluding carboxylic acids is 1. The molecule has 4 aromatic rings. The second-order valence-corrected chi connectivity index (χ2v) is 11.4. The summed E-state index contributed by atoms with van der Waals surface area (Å²) in [6.45, 7) is 0.764. The van der Waals surface area contributed by atoms with Gasteiger partial charge in [0.15, 0.2) is 0 Å². The number of aromatic nitrogens is 3. The molecule has 0 fully saturated rings. The van der Waals surface area contributed by atoms with Gasteiger partial charge in [0.25, 0.3) is 11.8 Å². The third kappa shape index (κ3) is 6.13. The number of hydrazone groups is 1. The molecule has 5 rings (SSSR count). The zero-order valence-corrected chi connectivity index (χ0v) is 23.7. The monoisotopic (exact) mass is 637 g/mol. The van der Waals surface area contributed by atoms with Gasteiger partial charge in [0, 0.05) is 6.54 Å². The number of ether oxygens (including phenoxy) is 1. The lowest BCUT2D eigenvalue weighted by Gasteiger charge is -2.29. The van der Waals surface area contributed by atoms with Crippen LogP contribution >= 0.6 is 0 Å². The first-order chi connectivity index (χ1) is 20.9. The lowest BCUT2D eigenvalue weighted by Crippen LogP contribution is -2.46. The van der Waals surface area contributed by atoms with Crippen molar-refractivity contribution in [2.75, 3.05) is 18.1 Å². The Morgan fingerprint density at radius 1 is 1.02 bits per heavy atom. The summed E-state index contributed by atoms with van der Waals surface area (Å²) in [6.07, 6.45) is 1.85. The molecule has 1 aliphatic rings. The minimum Gasteiger partial charge on any atom is -0.471 e. The predicted molar refractivity (Wildman–Crippen MR) is 148 cm³/mol. The summed E-state index contributed by atoms with van der Waals surface area (Å²) < 4.78 is 98.0. The summed E-state index contributed by atoms with van der Waals surface area (Å²) in [7, 11) is -5.61. The third-order valence-electron chi connectivity index (χ3n) is 6.58. The van der Waals surface area contributed by atoms with Crippen LogP contribution in [0.3, 0.4) is 0 Å². The molecule has 0 aliphatic carbocycles. The Bertz CT molecular complexity index is 1830. The predicted octanol–water partition coefficient (Wildman–Crippen LogP) is 3.99. The van der Waals surface area contributed by atoms with E-state index in [1.807, 2.05) is 30.3 Å². The molecule has 44 heavy (non-hydrogen) atoms. The van der Waals surface area contributed by atoms with E-state index in [9.17, 15) is 35.2 Å². The van der Waals surface area contributed by atoms with Crippen LogP contribution < -0.4 is 15.1 Å². The van der Waals surface area contributed by atoms with Crippen LogP contribution in [0.2, 0.25) is 0 Å². The van der Waals surface area contributed by atoms with E-state index in [2.05, 4.69) is 20.4 Å². The molecule has 11 nitrogen and oxygen atoms in total. The fourth-order valence-corrected chi connectivity index (χ4v) is 5.11. The number of amides is 1. The number of nitrogens with zero attached hydrogens (tertiary/aromatic N) is 6. The first kappa shape index (κ1) is 30.7. The molecule has 0 unspecified atom stereocenters. The van der Waals surface area contributed by atoms with E-state index < -0.39 is 39.6 Å². The molecule has 3 heterocycles. The van der Waals surface area contributed by atoms with E-state index in [0.29, 0.717) is 24.0 Å². The van der Waals surface area contributed by atoms with Crippen molar-refractivity contribution in [1.82, 2.24) is 24.0 Å². The van der Waals surface area contributed by atoms with Crippen LogP contribution in [-0.2, 0) is 29.6 Å². The van der Waals surface area contributed by atoms with E-state index in [4.69, 9.17) is 4.74 Å². The van der Waals surface area contributed by atoms with Gasteiger partial charge in [-0.2, -0.15) is 36.1 Å². The summed E-state index contributed by atoms with van der Waals surface area (Å²) in [5.41, 5.74) is -4.08. The number of nitrogens with one attached hydrogen (secondary N) is 1. The number of imidazole rings is 1. The van der Waals surface area contributed by atoms with Gasteiger partial charge in [0.2, 0.25) is 11.6 Å². The Balaban J connectivity index is 1.27. The van der Waals surface area contributed by atoms with Crippen LogP contribution in [0.15, 0.2) is 59.8 Å². The second-order valence-electron chi connectivity index (χ2n) is 9.48. The molecule has 0 saturated heterocycles. The maximum absolute atomic E-state index is 14.9. The van der Waals surface area contributed by atoms with Crippen molar-refractivity contribution >= 4 is 33.7 Å². The third-order valence-corrected chi connectivity index (χ3v) is 8.06. The molecule has 2 aromatic carbocycles. The Morgan fingerprint density at radius 2 is 1.77 bits per heavy atom. The number of alkyl halides is 3. The number of anilines is 1. The molecular formula is C27H24F5N7O4S. The molecule has 232 valence electrons. The highest BCUT2D eigenvalue weighted by molar-refractivity contribution is 7.90. The van der Waals surface area contributed by atoms with Gasteiger partial charge in [0.05, 0.1) is 30.7 Å². The molecule has 0 radical (unpaired) electrons. The zero-order valence-electron chi connectivity index (χ0n) is 22.9. The van der Waals surface area contributed by atoms with Crippen molar-refractivity contribution in [3.05, 3.63) is 88.9 Å². The molecule has 0 atom stereocenters. The molecule has 1 amide bonds. The fourth-order valence-electron chi connectivity index (χ4n) is 4.36. The molecule has 1 aliphatic heterocycles. The van der Waals surface area contributed by atoms with Crippen molar-refractivity contribution in [3.8, 4) is 5.88 Å². The van der Waals surface area contributed by atoms with Crippen LogP contribution in [0.1, 0.15) is 34.2 Å². The van der Waals surface area contributed by atoms with Gasteiger partial charge in [-0.25, -0.2) is 13.7 Å². The maximum Gasteiger partial charge on any atom is 0.516 e. The normalized spacial score (nSPS) is 13.9. The summed E-state index contributed by atoms with van der Waals surface area (Å²) in [6, 6.07) is 13.0. The summed E-state index contributed by atoms with van der Waals surface area (Å²) in [5, 5.41) is 7.30. The molecule has 17 heteroatoms. The van der Waals surface area contributed by atoms with Gasteiger partial charge < -0.3 is 10.1 Å². The molecule has 2 aromatic heterocycles. The molecular weight excluding hydrogens is 613 g/mol. The smallest absolute Gasteiger partial charge is 0.471 e. The number of fused-ring (bicyclic) bond motifs is 1. The number of carbonyl (C=O) groups is 1. The summed E-state index contributed by atoms with van der Waals surface area (Å²) >= 11 is 0. The SMILES string of the molecule is CCc1nc2nc(OCc3ccccc3)c(F)cn2c1C(=O)NCc1ccc(N2CCN(S(=O)(=O)C(F)(F)F)C=N2)c(F)c1. The van der Waals surface area contributed by atoms with Crippen LogP contribution in [0.5, 0.6) is 5.88 Å². The fraction of sp³-hybridized carbons (Fsp3) is 0.259. The lowest BCUT2D eigenvalue weighted by molar-refractivity contribution is -0.0471.